The van der Waals surface area contributed by atoms with Crippen LogP contribution < -0.4 is 15.4 Å². The van der Waals surface area contributed by atoms with Gasteiger partial charge < -0.3 is 15.4 Å². The Kier molecular flexibility index (Phi) is 5.47. The van der Waals surface area contributed by atoms with Gasteiger partial charge in [-0.1, -0.05) is 6.07 Å². The monoisotopic (exact) mass is 334 g/mol. The summed E-state index contributed by atoms with van der Waals surface area (Å²) in [6.45, 7) is 2.72. The van der Waals surface area contributed by atoms with Crippen LogP contribution in [-0.2, 0) is 9.59 Å². The van der Waals surface area contributed by atoms with Crippen LogP contribution in [0.2, 0.25) is 0 Å². The van der Waals surface area contributed by atoms with Crippen molar-refractivity contribution in [2.75, 3.05) is 17.2 Å². The van der Waals surface area contributed by atoms with E-state index in [1.54, 1.807) is 18.2 Å². The molecule has 2 aromatic rings. The van der Waals surface area contributed by atoms with Crippen LogP contribution in [0.1, 0.15) is 12.5 Å². The van der Waals surface area contributed by atoms with Crippen LogP contribution in [-0.4, -0.2) is 18.4 Å². The third-order valence-corrected chi connectivity index (χ3v) is 3.01. The molecular formula is C17H16F2N2O3. The summed E-state index contributed by atoms with van der Waals surface area (Å²) in [5.41, 5.74) is 1.72. The second-order valence-electron chi connectivity index (χ2n) is 5.14. The van der Waals surface area contributed by atoms with Crippen LogP contribution in [0.5, 0.6) is 5.75 Å². The molecule has 2 rings (SSSR count). The van der Waals surface area contributed by atoms with Gasteiger partial charge in [0, 0.05) is 13.0 Å². The van der Waals surface area contributed by atoms with Gasteiger partial charge in [0.1, 0.15) is 5.82 Å². The number of benzene rings is 2. The lowest BCUT2D eigenvalue weighted by atomic mass is 10.2. The highest BCUT2D eigenvalue weighted by Crippen LogP contribution is 2.23. The maximum atomic E-state index is 13.4. The predicted octanol–water partition coefficient (Wildman–Crippen LogP) is 3.25. The van der Waals surface area contributed by atoms with E-state index in [-0.39, 0.29) is 11.7 Å². The summed E-state index contributed by atoms with van der Waals surface area (Å²) < 4.78 is 31.3. The highest BCUT2D eigenvalue weighted by molar-refractivity contribution is 5.99. The van der Waals surface area contributed by atoms with Crippen molar-refractivity contribution in [3.05, 3.63) is 53.6 Å². The number of anilines is 2. The first kappa shape index (κ1) is 17.4. The molecule has 0 bridgehead atoms. The van der Waals surface area contributed by atoms with Gasteiger partial charge in [0.2, 0.25) is 5.91 Å². The number of hydrogen-bond donors (Lipinski definition) is 2. The first-order valence-corrected chi connectivity index (χ1v) is 7.11. The Balaban J connectivity index is 2.04. The van der Waals surface area contributed by atoms with Crippen molar-refractivity contribution in [1.29, 1.82) is 0 Å². The quantitative estimate of drug-likeness (QED) is 0.882. The van der Waals surface area contributed by atoms with Gasteiger partial charge in [-0.05, 0) is 36.8 Å². The molecule has 126 valence electrons. The van der Waals surface area contributed by atoms with Crippen molar-refractivity contribution in [3.63, 3.8) is 0 Å². The lowest BCUT2D eigenvalue weighted by molar-refractivity contribution is -0.118. The maximum absolute atomic E-state index is 13.4. The minimum atomic E-state index is -0.891. The van der Waals surface area contributed by atoms with E-state index in [9.17, 15) is 18.4 Å². The van der Waals surface area contributed by atoms with Crippen LogP contribution in [0.15, 0.2) is 36.4 Å². The molecule has 7 heteroatoms. The molecule has 0 aliphatic rings. The Morgan fingerprint density at radius 2 is 1.79 bits per heavy atom. The van der Waals surface area contributed by atoms with Crippen LogP contribution in [0.25, 0.3) is 0 Å². The summed E-state index contributed by atoms with van der Waals surface area (Å²) >= 11 is 0. The standard InChI is InChI=1S/C17H16F2N2O3/c1-10-3-5-14(20-11(2)22)15(7-10)21-17(23)9-24-16-6-4-12(18)8-13(16)19/h3-8H,9H2,1-2H3,(H,20,22)(H,21,23). The zero-order valence-electron chi connectivity index (χ0n) is 13.2. The summed E-state index contributed by atoms with van der Waals surface area (Å²) in [6.07, 6.45) is 0. The number of amides is 2. The molecule has 0 radical (unpaired) electrons. The molecule has 0 fully saturated rings. The first-order valence-electron chi connectivity index (χ1n) is 7.11. The maximum Gasteiger partial charge on any atom is 0.262 e. The average Bonchev–Trinajstić information content (AvgIpc) is 2.49. The van der Waals surface area contributed by atoms with E-state index in [4.69, 9.17) is 4.74 Å². The average molecular weight is 334 g/mol. The SMILES string of the molecule is CC(=O)Nc1ccc(C)cc1NC(=O)COc1ccc(F)cc1F. The molecule has 2 amide bonds. The molecule has 0 aliphatic carbocycles. The summed E-state index contributed by atoms with van der Waals surface area (Å²) in [7, 11) is 0. The number of halogens is 2. The molecule has 0 saturated heterocycles. The number of ether oxygens (including phenoxy) is 1. The smallest absolute Gasteiger partial charge is 0.262 e. The lowest BCUT2D eigenvalue weighted by Gasteiger charge is -2.13. The van der Waals surface area contributed by atoms with Gasteiger partial charge >= 0.3 is 0 Å². The van der Waals surface area contributed by atoms with Crippen molar-refractivity contribution in [3.8, 4) is 5.75 Å². The largest absolute Gasteiger partial charge is 0.481 e. The first-order chi connectivity index (χ1) is 11.3. The molecule has 0 saturated carbocycles. The van der Waals surface area contributed by atoms with Crippen LogP contribution >= 0.6 is 0 Å². The molecule has 0 atom stereocenters. The molecule has 0 spiro atoms. The van der Waals surface area contributed by atoms with Crippen LogP contribution in [0, 0.1) is 18.6 Å². The molecule has 0 unspecified atom stereocenters. The zero-order valence-corrected chi connectivity index (χ0v) is 13.2. The number of aryl methyl sites for hydroxylation is 1. The van der Waals surface area contributed by atoms with E-state index in [0.717, 1.165) is 17.7 Å². The normalized spacial score (nSPS) is 10.2. The van der Waals surface area contributed by atoms with Crippen LogP contribution in [0.3, 0.4) is 0 Å². The highest BCUT2D eigenvalue weighted by Gasteiger charge is 2.11. The van der Waals surface area contributed by atoms with E-state index >= 15 is 0 Å². The summed E-state index contributed by atoms with van der Waals surface area (Å²) in [5, 5.41) is 5.18. The Hall–Kier alpha value is -2.96. The summed E-state index contributed by atoms with van der Waals surface area (Å²) in [4.78, 5) is 23.2. The molecule has 0 aromatic heterocycles. The van der Waals surface area contributed by atoms with E-state index in [1.807, 2.05) is 6.92 Å². The molecule has 2 aromatic carbocycles. The molecule has 5 nitrogen and oxygen atoms in total. The van der Waals surface area contributed by atoms with Crippen molar-refractivity contribution in [2.45, 2.75) is 13.8 Å². The summed E-state index contributed by atoms with van der Waals surface area (Å²) in [5.74, 6) is -2.67. The second-order valence-corrected chi connectivity index (χ2v) is 5.14. The minimum absolute atomic E-state index is 0.224. The number of carbonyl (C=O) groups excluding carboxylic acids is 2. The van der Waals surface area contributed by atoms with Crippen molar-refractivity contribution in [2.24, 2.45) is 0 Å². The van der Waals surface area contributed by atoms with Crippen molar-refractivity contribution in [1.82, 2.24) is 0 Å². The fourth-order valence-corrected chi connectivity index (χ4v) is 1.98. The number of carbonyl (C=O) groups is 2. The Bertz CT molecular complexity index is 778. The van der Waals surface area contributed by atoms with E-state index in [1.165, 1.54) is 6.92 Å². The summed E-state index contributed by atoms with van der Waals surface area (Å²) in [6, 6.07) is 7.93. The van der Waals surface area contributed by atoms with Gasteiger partial charge in [0.05, 0.1) is 11.4 Å². The van der Waals surface area contributed by atoms with E-state index in [2.05, 4.69) is 10.6 Å². The van der Waals surface area contributed by atoms with Gasteiger partial charge in [-0.2, -0.15) is 0 Å². The zero-order chi connectivity index (χ0) is 17.7. The Morgan fingerprint density at radius 1 is 1.04 bits per heavy atom. The second kappa shape index (κ2) is 7.54. The van der Waals surface area contributed by atoms with Crippen molar-refractivity contribution >= 4 is 23.2 Å². The van der Waals surface area contributed by atoms with Gasteiger partial charge in [0.25, 0.3) is 5.91 Å². The molecule has 0 aliphatic heterocycles. The fourth-order valence-electron chi connectivity index (χ4n) is 1.98. The van der Waals surface area contributed by atoms with Gasteiger partial charge in [0.15, 0.2) is 18.2 Å². The van der Waals surface area contributed by atoms with Gasteiger partial charge in [-0.15, -0.1) is 0 Å². The van der Waals surface area contributed by atoms with E-state index in [0.29, 0.717) is 17.4 Å². The third-order valence-electron chi connectivity index (χ3n) is 3.01. The number of nitrogens with one attached hydrogen (secondary N) is 2. The fraction of sp³-hybridized carbons (Fsp3) is 0.176. The van der Waals surface area contributed by atoms with Gasteiger partial charge in [-0.3, -0.25) is 9.59 Å². The molecule has 2 N–H and O–H groups in total. The Labute approximate surface area is 137 Å². The number of hydrogen-bond acceptors (Lipinski definition) is 3. The topological polar surface area (TPSA) is 67.4 Å². The van der Waals surface area contributed by atoms with E-state index < -0.39 is 24.1 Å². The highest BCUT2D eigenvalue weighted by atomic mass is 19.1. The van der Waals surface area contributed by atoms with Crippen LogP contribution in [0.4, 0.5) is 20.2 Å². The van der Waals surface area contributed by atoms with Gasteiger partial charge in [-0.25, -0.2) is 8.78 Å². The Morgan fingerprint density at radius 3 is 2.46 bits per heavy atom. The lowest BCUT2D eigenvalue weighted by Crippen LogP contribution is -2.21. The predicted molar refractivity (Wildman–Crippen MR) is 86.0 cm³/mol. The third kappa shape index (κ3) is 4.77. The van der Waals surface area contributed by atoms with Crippen molar-refractivity contribution < 1.29 is 23.1 Å². The molecule has 24 heavy (non-hydrogen) atoms. The molecule has 0 heterocycles. The number of rotatable bonds is 5. The minimum Gasteiger partial charge on any atom is -0.481 e. The molecular weight excluding hydrogens is 318 g/mol.